The number of rotatable bonds is 0. The maximum Gasteiger partial charge on any atom is 0.333 e. The molecule has 2 aromatic rings. The number of amides is 4. The molecule has 0 spiro atoms. The Morgan fingerprint density at radius 2 is 1.70 bits per heavy atom. The lowest BCUT2D eigenvalue weighted by molar-refractivity contribution is 0.0680. The van der Waals surface area contributed by atoms with Crippen molar-refractivity contribution in [3.63, 3.8) is 0 Å². The first kappa shape index (κ1) is 12.3. The average Bonchev–Trinajstić information content (AvgIpc) is 2.70. The summed E-state index contributed by atoms with van der Waals surface area (Å²) in [5.41, 5.74) is 0.590. The molecular formula is C15H12N2O3. The molecule has 0 unspecified atom stereocenters. The molecule has 20 heavy (non-hydrogen) atoms. The molecule has 1 aliphatic rings. The van der Waals surface area contributed by atoms with E-state index in [0.717, 1.165) is 5.39 Å². The molecule has 0 bridgehead atoms. The molecule has 1 aliphatic heterocycles. The Hall–Kier alpha value is -2.69. The van der Waals surface area contributed by atoms with E-state index in [9.17, 15) is 14.4 Å². The Bertz CT molecular complexity index is 765. The highest BCUT2D eigenvalue weighted by Crippen LogP contribution is 2.30. The van der Waals surface area contributed by atoms with E-state index in [1.54, 1.807) is 24.3 Å². The first-order valence-corrected chi connectivity index (χ1v) is 6.14. The van der Waals surface area contributed by atoms with Gasteiger partial charge in [-0.05, 0) is 16.8 Å². The van der Waals surface area contributed by atoms with Crippen LogP contribution in [0.2, 0.25) is 0 Å². The normalized spacial score (nSPS) is 13.8. The second-order valence-electron chi connectivity index (χ2n) is 4.83. The molecule has 0 radical (unpaired) electrons. The molecule has 0 N–H and O–H groups in total. The quantitative estimate of drug-likeness (QED) is 0.688. The van der Waals surface area contributed by atoms with Crippen molar-refractivity contribution in [3.8, 4) is 0 Å². The lowest BCUT2D eigenvalue weighted by atomic mass is 10.0. The first-order chi connectivity index (χ1) is 9.52. The molecule has 0 aliphatic carbocycles. The van der Waals surface area contributed by atoms with Gasteiger partial charge in [-0.1, -0.05) is 30.3 Å². The van der Waals surface area contributed by atoms with Crippen molar-refractivity contribution < 1.29 is 14.4 Å². The zero-order chi connectivity index (χ0) is 14.4. The highest BCUT2D eigenvalue weighted by molar-refractivity contribution is 6.32. The standard InChI is InChI=1S/C15H12N2O3/c1-16(2)15(20)17-13(18)11-8-7-9-5-3-4-6-10(9)12(11)14(17)19/h3-8H,1-2H3. The summed E-state index contributed by atoms with van der Waals surface area (Å²) in [6.07, 6.45) is 0. The van der Waals surface area contributed by atoms with Crippen LogP contribution in [0.5, 0.6) is 0 Å². The van der Waals surface area contributed by atoms with Crippen molar-refractivity contribution in [3.05, 3.63) is 47.5 Å². The molecule has 5 heteroatoms. The van der Waals surface area contributed by atoms with Crippen LogP contribution in [0.25, 0.3) is 10.8 Å². The van der Waals surface area contributed by atoms with Crippen molar-refractivity contribution in [2.24, 2.45) is 0 Å². The monoisotopic (exact) mass is 268 g/mol. The Kier molecular flexibility index (Phi) is 2.57. The van der Waals surface area contributed by atoms with Crippen LogP contribution in [0, 0.1) is 0 Å². The summed E-state index contributed by atoms with van der Waals surface area (Å²) in [6, 6.07) is 10.1. The molecule has 2 aromatic carbocycles. The Morgan fingerprint density at radius 1 is 1.00 bits per heavy atom. The van der Waals surface area contributed by atoms with E-state index in [4.69, 9.17) is 0 Å². The minimum atomic E-state index is -0.625. The number of benzene rings is 2. The predicted molar refractivity (Wildman–Crippen MR) is 73.5 cm³/mol. The SMILES string of the molecule is CN(C)C(=O)N1C(=O)c2ccc3ccccc3c2C1=O. The zero-order valence-electron chi connectivity index (χ0n) is 11.1. The van der Waals surface area contributed by atoms with E-state index in [-0.39, 0.29) is 5.56 Å². The van der Waals surface area contributed by atoms with Gasteiger partial charge < -0.3 is 4.90 Å². The number of carbonyl (C=O) groups is 3. The van der Waals surface area contributed by atoms with Crippen molar-refractivity contribution in [2.45, 2.75) is 0 Å². The van der Waals surface area contributed by atoms with Gasteiger partial charge in [0.2, 0.25) is 0 Å². The molecule has 5 nitrogen and oxygen atoms in total. The summed E-state index contributed by atoms with van der Waals surface area (Å²) >= 11 is 0. The van der Waals surface area contributed by atoms with Gasteiger partial charge in [0.05, 0.1) is 11.1 Å². The number of hydrogen-bond acceptors (Lipinski definition) is 3. The number of hydrogen-bond donors (Lipinski definition) is 0. The molecule has 0 fully saturated rings. The third kappa shape index (κ3) is 1.53. The number of fused-ring (bicyclic) bond motifs is 3. The summed E-state index contributed by atoms with van der Waals surface area (Å²) in [7, 11) is 3.01. The van der Waals surface area contributed by atoms with Gasteiger partial charge in [-0.3, -0.25) is 9.59 Å². The Labute approximate surface area is 115 Å². The van der Waals surface area contributed by atoms with E-state index < -0.39 is 17.8 Å². The van der Waals surface area contributed by atoms with Crippen LogP contribution in [0.1, 0.15) is 20.7 Å². The van der Waals surface area contributed by atoms with Gasteiger partial charge in [-0.15, -0.1) is 0 Å². The fourth-order valence-corrected chi connectivity index (χ4v) is 2.38. The molecule has 0 aromatic heterocycles. The molecule has 4 amide bonds. The van der Waals surface area contributed by atoms with Crippen LogP contribution in [0.3, 0.4) is 0 Å². The minimum Gasteiger partial charge on any atom is -0.330 e. The van der Waals surface area contributed by atoms with Gasteiger partial charge in [0, 0.05) is 14.1 Å². The molecule has 0 saturated carbocycles. The first-order valence-electron chi connectivity index (χ1n) is 6.14. The van der Waals surface area contributed by atoms with E-state index in [0.29, 0.717) is 15.8 Å². The van der Waals surface area contributed by atoms with Gasteiger partial charge in [-0.2, -0.15) is 4.90 Å². The number of urea groups is 1. The van der Waals surface area contributed by atoms with Crippen LogP contribution in [0.4, 0.5) is 4.79 Å². The van der Waals surface area contributed by atoms with E-state index in [1.165, 1.54) is 19.0 Å². The topological polar surface area (TPSA) is 57.7 Å². The summed E-state index contributed by atoms with van der Waals surface area (Å²) in [4.78, 5) is 38.6. The van der Waals surface area contributed by atoms with Crippen molar-refractivity contribution in [1.29, 1.82) is 0 Å². The van der Waals surface area contributed by atoms with E-state index >= 15 is 0 Å². The third-order valence-electron chi connectivity index (χ3n) is 3.35. The molecule has 0 saturated heterocycles. The number of imide groups is 3. The van der Waals surface area contributed by atoms with E-state index in [2.05, 4.69) is 0 Å². The maximum atomic E-state index is 12.4. The summed E-state index contributed by atoms with van der Waals surface area (Å²) in [5, 5.41) is 1.56. The Morgan fingerprint density at radius 3 is 2.40 bits per heavy atom. The van der Waals surface area contributed by atoms with Crippen LogP contribution < -0.4 is 0 Å². The van der Waals surface area contributed by atoms with Crippen LogP contribution >= 0.6 is 0 Å². The molecule has 1 heterocycles. The summed E-state index contributed by atoms with van der Waals surface area (Å²) in [6.45, 7) is 0. The van der Waals surface area contributed by atoms with Crippen LogP contribution in [-0.4, -0.2) is 41.7 Å². The minimum absolute atomic E-state index is 0.281. The Balaban J connectivity index is 2.23. The van der Waals surface area contributed by atoms with Crippen LogP contribution in [0.15, 0.2) is 36.4 Å². The number of carbonyl (C=O) groups excluding carboxylic acids is 3. The maximum absolute atomic E-state index is 12.4. The van der Waals surface area contributed by atoms with Gasteiger partial charge >= 0.3 is 6.03 Å². The zero-order valence-corrected chi connectivity index (χ0v) is 11.1. The number of nitrogens with zero attached hydrogens (tertiary/aromatic N) is 2. The second kappa shape index (κ2) is 4.16. The highest BCUT2D eigenvalue weighted by atomic mass is 16.2. The van der Waals surface area contributed by atoms with Gasteiger partial charge in [0.15, 0.2) is 0 Å². The van der Waals surface area contributed by atoms with Crippen molar-refractivity contribution in [1.82, 2.24) is 9.80 Å². The second-order valence-corrected chi connectivity index (χ2v) is 4.83. The lowest BCUT2D eigenvalue weighted by Crippen LogP contribution is -2.42. The van der Waals surface area contributed by atoms with Crippen molar-refractivity contribution in [2.75, 3.05) is 14.1 Å². The van der Waals surface area contributed by atoms with Gasteiger partial charge in [0.25, 0.3) is 11.8 Å². The summed E-state index contributed by atoms with van der Waals surface area (Å²) < 4.78 is 0. The van der Waals surface area contributed by atoms with Crippen LogP contribution in [-0.2, 0) is 0 Å². The summed E-state index contributed by atoms with van der Waals surface area (Å²) in [5.74, 6) is -1.12. The molecule has 100 valence electrons. The van der Waals surface area contributed by atoms with Gasteiger partial charge in [0.1, 0.15) is 0 Å². The average molecular weight is 268 g/mol. The fraction of sp³-hybridized carbons (Fsp3) is 0.133. The molecule has 3 rings (SSSR count). The molecule has 0 atom stereocenters. The van der Waals surface area contributed by atoms with E-state index in [1.807, 2.05) is 12.1 Å². The van der Waals surface area contributed by atoms with Gasteiger partial charge in [-0.25, -0.2) is 4.79 Å². The highest BCUT2D eigenvalue weighted by Gasteiger charge is 2.41. The molecular weight excluding hydrogens is 256 g/mol. The smallest absolute Gasteiger partial charge is 0.330 e. The lowest BCUT2D eigenvalue weighted by Gasteiger charge is -2.17. The third-order valence-corrected chi connectivity index (χ3v) is 3.35. The fourth-order valence-electron chi connectivity index (χ4n) is 2.38. The van der Waals surface area contributed by atoms with Crippen molar-refractivity contribution >= 4 is 28.6 Å². The largest absolute Gasteiger partial charge is 0.333 e. The predicted octanol–water partition coefficient (Wildman–Crippen LogP) is 2.12.